The van der Waals surface area contributed by atoms with E-state index in [-0.39, 0.29) is 48.8 Å². The quantitative estimate of drug-likeness (QED) is 0.130. The van der Waals surface area contributed by atoms with Crippen molar-refractivity contribution in [1.29, 1.82) is 0 Å². The Bertz CT molecular complexity index is 2480. The highest BCUT2D eigenvalue weighted by molar-refractivity contribution is 6.00. The number of alkyl halides is 3. The Balaban J connectivity index is 0.747. The average Bonchev–Trinajstić information content (AvgIpc) is 3.73. The molecule has 14 nitrogen and oxygen atoms in total. The fourth-order valence-corrected chi connectivity index (χ4v) is 9.72. The van der Waals surface area contributed by atoms with Crippen LogP contribution in [0.1, 0.15) is 81.0 Å². The lowest BCUT2D eigenvalue weighted by atomic mass is 9.87. The minimum Gasteiger partial charge on any atom is -0.393 e. The zero-order valence-corrected chi connectivity index (χ0v) is 34.9. The van der Waals surface area contributed by atoms with E-state index in [0.29, 0.717) is 49.5 Å². The van der Waals surface area contributed by atoms with E-state index in [2.05, 4.69) is 65.4 Å². The Labute approximate surface area is 357 Å². The van der Waals surface area contributed by atoms with Crippen LogP contribution < -0.4 is 16.3 Å². The molecule has 2 aliphatic heterocycles. The van der Waals surface area contributed by atoms with Gasteiger partial charge in [0.25, 0.3) is 0 Å². The first-order valence-electron chi connectivity index (χ1n) is 21.9. The van der Waals surface area contributed by atoms with Crippen molar-refractivity contribution in [1.82, 2.24) is 38.8 Å². The van der Waals surface area contributed by atoms with Gasteiger partial charge in [0.1, 0.15) is 11.7 Å². The van der Waals surface area contributed by atoms with Crippen molar-refractivity contribution in [3.05, 3.63) is 76.5 Å². The summed E-state index contributed by atoms with van der Waals surface area (Å²) in [4.78, 5) is 51.5. The summed E-state index contributed by atoms with van der Waals surface area (Å²) in [6.07, 6.45) is 4.72. The lowest BCUT2D eigenvalue weighted by Crippen LogP contribution is -2.55. The smallest absolute Gasteiger partial charge is 0.390 e. The van der Waals surface area contributed by atoms with Crippen LogP contribution in [0, 0.1) is 0 Å². The summed E-state index contributed by atoms with van der Waals surface area (Å²) in [5, 5.41) is 16.1. The molecule has 2 saturated heterocycles. The van der Waals surface area contributed by atoms with E-state index in [9.17, 15) is 32.7 Å². The van der Waals surface area contributed by atoms with Gasteiger partial charge in [0.15, 0.2) is 0 Å². The number of imide groups is 1. The highest BCUT2D eigenvalue weighted by Gasteiger charge is 2.36. The van der Waals surface area contributed by atoms with Crippen LogP contribution in [0.25, 0.3) is 33.2 Å². The third-order valence-electron chi connectivity index (χ3n) is 13.4. The number of hydrogen-bond donors (Lipinski definition) is 3. The molecule has 0 unspecified atom stereocenters. The predicted octanol–water partition coefficient (Wildman–Crippen LogP) is 5.48. The van der Waals surface area contributed by atoms with Crippen molar-refractivity contribution in [3.63, 3.8) is 0 Å². The third kappa shape index (κ3) is 9.03. The maximum atomic E-state index is 13.1. The molecule has 4 fully saturated rings. The normalized spacial score (nSPS) is 24.1. The molecule has 17 heteroatoms. The van der Waals surface area contributed by atoms with Gasteiger partial charge in [-0.2, -0.15) is 18.2 Å². The number of rotatable bonds is 13. The Morgan fingerprint density at radius 1 is 0.919 bits per heavy atom. The van der Waals surface area contributed by atoms with Crippen LogP contribution in [-0.2, 0) is 34.3 Å². The molecule has 3 N–H and O–H groups in total. The van der Waals surface area contributed by atoms with E-state index in [1.165, 1.54) is 10.1 Å². The zero-order valence-electron chi connectivity index (χ0n) is 34.9. The van der Waals surface area contributed by atoms with E-state index in [0.717, 1.165) is 86.0 Å². The molecule has 5 heterocycles. The Morgan fingerprint density at radius 2 is 1.66 bits per heavy atom. The van der Waals surface area contributed by atoms with Crippen LogP contribution in [0.4, 0.5) is 19.1 Å². The van der Waals surface area contributed by atoms with Crippen molar-refractivity contribution >= 4 is 39.8 Å². The first-order chi connectivity index (χ1) is 29.9. The van der Waals surface area contributed by atoms with Crippen LogP contribution >= 0.6 is 0 Å². The molecule has 2 aromatic carbocycles. The maximum Gasteiger partial charge on any atom is 0.390 e. The summed E-state index contributed by atoms with van der Waals surface area (Å²) >= 11 is 0. The number of aliphatic hydroxyl groups is 1. The first kappa shape index (κ1) is 42.2. The number of fused-ring (bicyclic) bond motifs is 2. The number of hydrogen-bond acceptors (Lipinski definition) is 10. The summed E-state index contributed by atoms with van der Waals surface area (Å²) in [6, 6.07) is 14.4. The maximum absolute atomic E-state index is 13.1. The number of imidazole rings is 1. The van der Waals surface area contributed by atoms with Crippen molar-refractivity contribution in [3.8, 4) is 11.1 Å². The van der Waals surface area contributed by atoms with Crippen LogP contribution in [0.15, 0.2) is 59.7 Å². The number of aliphatic hydroxyl groups excluding tert-OH is 1. The van der Waals surface area contributed by atoms with Crippen LogP contribution in [-0.4, -0.2) is 114 Å². The van der Waals surface area contributed by atoms with Gasteiger partial charge in [0.05, 0.1) is 36.3 Å². The summed E-state index contributed by atoms with van der Waals surface area (Å²) in [5.74, 6) is -0.576. The molecular formula is C45H54F3N9O5. The zero-order chi connectivity index (χ0) is 43.1. The number of nitrogens with one attached hydrogen (secondary N) is 2. The topological polar surface area (TPSA) is 152 Å². The van der Waals surface area contributed by atoms with Crippen LogP contribution in [0.3, 0.4) is 0 Å². The summed E-state index contributed by atoms with van der Waals surface area (Å²) in [5.41, 5.74) is 6.13. The Kier molecular flexibility index (Phi) is 12.0. The largest absolute Gasteiger partial charge is 0.393 e. The minimum absolute atomic E-state index is 0.131. The number of piperidine rings is 1. The molecule has 4 aliphatic rings. The van der Waals surface area contributed by atoms with Crippen molar-refractivity contribution in [2.75, 3.05) is 44.6 Å². The molecular weight excluding hydrogens is 804 g/mol. The van der Waals surface area contributed by atoms with Gasteiger partial charge in [-0.25, -0.2) is 9.78 Å². The number of aryl methyl sites for hydroxylation is 1. The number of carbonyl (C=O) groups excluding carboxylic acids is 2. The molecule has 330 valence electrons. The monoisotopic (exact) mass is 857 g/mol. The highest BCUT2D eigenvalue weighted by atomic mass is 19.4. The number of carbonyl (C=O) groups is 2. The standard InChI is InChI=1S/C45H54F3N9O5/c1-53-39-22-28(4-11-37(39)57(44(53)61)38-12-13-40(59)51-42(38)60)14-21-62-34-23-32(24-34)55-19-17-54(18-20-55)26-29-2-5-30(6-3-29)36-27-56(31-7-9-33(58)10-8-31)41-35(36)25-50-43(52-41)49-16-15-45(46,47)48/h2-6,11,22,25,27,31-34,38,58H,7-10,12-21,23-24,26H2,1H3,(H,49,50,52)(H,51,59,60)/t31-,32-,33-,34-,38-/m0/s1. The van der Waals surface area contributed by atoms with Crippen LogP contribution in [0.5, 0.6) is 0 Å². The van der Waals surface area contributed by atoms with Gasteiger partial charge in [-0.15, -0.1) is 0 Å². The summed E-state index contributed by atoms with van der Waals surface area (Å²) in [6.45, 7) is 5.14. The van der Waals surface area contributed by atoms with Gasteiger partial charge in [-0.3, -0.25) is 33.8 Å². The van der Waals surface area contributed by atoms with Gasteiger partial charge in [-0.05, 0) is 80.2 Å². The number of benzene rings is 2. The highest BCUT2D eigenvalue weighted by Crippen LogP contribution is 2.37. The third-order valence-corrected chi connectivity index (χ3v) is 13.4. The van der Waals surface area contributed by atoms with Crippen molar-refractivity contribution < 1.29 is 32.6 Å². The number of halogens is 3. The van der Waals surface area contributed by atoms with E-state index in [1.807, 2.05) is 18.2 Å². The number of aromatic nitrogens is 5. The number of piperazine rings is 1. The van der Waals surface area contributed by atoms with Gasteiger partial charge >= 0.3 is 11.9 Å². The van der Waals surface area contributed by atoms with Crippen molar-refractivity contribution in [2.24, 2.45) is 7.05 Å². The molecule has 0 spiro atoms. The molecule has 2 saturated carbocycles. The number of anilines is 1. The second-order valence-corrected chi connectivity index (χ2v) is 17.5. The molecule has 5 aromatic rings. The minimum atomic E-state index is -4.27. The second-order valence-electron chi connectivity index (χ2n) is 17.5. The fourth-order valence-electron chi connectivity index (χ4n) is 9.72. The van der Waals surface area contributed by atoms with Gasteiger partial charge in [-0.1, -0.05) is 30.3 Å². The molecule has 0 radical (unpaired) electrons. The van der Waals surface area contributed by atoms with E-state index < -0.39 is 24.5 Å². The van der Waals surface area contributed by atoms with E-state index in [4.69, 9.17) is 4.74 Å². The first-order valence-corrected chi connectivity index (χ1v) is 21.9. The van der Waals surface area contributed by atoms with Gasteiger partial charge in [0.2, 0.25) is 17.8 Å². The van der Waals surface area contributed by atoms with E-state index >= 15 is 0 Å². The summed E-state index contributed by atoms with van der Waals surface area (Å²) in [7, 11) is 1.71. The number of nitrogens with zero attached hydrogens (tertiary/aromatic N) is 7. The van der Waals surface area contributed by atoms with Gasteiger partial charge < -0.3 is 19.7 Å². The molecule has 1 atom stereocenters. The predicted molar refractivity (Wildman–Crippen MR) is 228 cm³/mol. The fraction of sp³-hybridized carbons (Fsp3) is 0.533. The van der Waals surface area contributed by atoms with Crippen LogP contribution in [0.2, 0.25) is 0 Å². The van der Waals surface area contributed by atoms with Crippen molar-refractivity contribution in [2.45, 2.75) is 107 Å². The summed E-state index contributed by atoms with van der Waals surface area (Å²) < 4.78 is 49.9. The number of ether oxygens (including phenoxy) is 1. The molecule has 2 aliphatic carbocycles. The van der Waals surface area contributed by atoms with E-state index in [1.54, 1.807) is 17.8 Å². The molecule has 3 aromatic heterocycles. The van der Waals surface area contributed by atoms with Gasteiger partial charge in [0, 0.05) is 88.2 Å². The second kappa shape index (κ2) is 17.6. The average molecular weight is 858 g/mol. The molecule has 2 amide bonds. The lowest BCUT2D eigenvalue weighted by Gasteiger charge is -2.46. The molecule has 0 bridgehead atoms. The number of amides is 2. The Morgan fingerprint density at radius 3 is 2.39 bits per heavy atom. The molecule has 9 rings (SSSR count). The SMILES string of the molecule is Cn1c(=O)n([C@H]2CCC(=O)NC2=O)c2ccc(CCO[C@H]3C[C@H](N4CCN(Cc5ccc(-c6cn([C@H]7CC[C@H](O)CC7)c7nc(NCCC(F)(F)F)ncc67)cc5)CC4)C3)cc21. The molecule has 62 heavy (non-hydrogen) atoms. The Hall–Kier alpha value is -5.10. The lowest BCUT2D eigenvalue weighted by molar-refractivity contribution is -0.136.